The van der Waals surface area contributed by atoms with Crippen molar-refractivity contribution in [1.82, 2.24) is 9.63 Å². The molecule has 7 rings (SSSR count). The zero-order valence-corrected chi connectivity index (χ0v) is 24.0. The molecule has 2 aliphatic heterocycles. The van der Waals surface area contributed by atoms with Crippen LogP contribution < -0.4 is 19.0 Å². The summed E-state index contributed by atoms with van der Waals surface area (Å²) in [4.78, 5) is 21.5. The van der Waals surface area contributed by atoms with E-state index in [-0.39, 0.29) is 11.6 Å². The largest absolute Gasteiger partial charge is 0.497 e. The molecule has 1 unspecified atom stereocenters. The van der Waals surface area contributed by atoms with E-state index in [1.807, 2.05) is 48.5 Å². The molecule has 0 saturated heterocycles. The van der Waals surface area contributed by atoms with Gasteiger partial charge in [0, 0.05) is 24.5 Å². The van der Waals surface area contributed by atoms with Crippen molar-refractivity contribution in [2.45, 2.75) is 32.0 Å². The van der Waals surface area contributed by atoms with Crippen LogP contribution in [0.4, 0.5) is 4.39 Å². The number of hydrogen-bond donors (Lipinski definition) is 0. The van der Waals surface area contributed by atoms with Gasteiger partial charge in [-0.2, -0.15) is 4.73 Å². The third-order valence-electron chi connectivity index (χ3n) is 8.49. The van der Waals surface area contributed by atoms with Crippen molar-refractivity contribution < 1.29 is 28.2 Å². The number of rotatable bonds is 7. The summed E-state index contributed by atoms with van der Waals surface area (Å²) in [6.07, 6.45) is 1.54. The van der Waals surface area contributed by atoms with Gasteiger partial charge in [0.15, 0.2) is 11.5 Å². The molecule has 0 N–H and O–H groups in total. The Morgan fingerprint density at radius 3 is 2.53 bits per heavy atom. The van der Waals surface area contributed by atoms with E-state index in [9.17, 15) is 9.18 Å². The second-order valence-electron chi connectivity index (χ2n) is 10.9. The molecular formula is C35H31FN2O5. The van der Waals surface area contributed by atoms with Gasteiger partial charge in [0.1, 0.15) is 18.2 Å². The Balaban J connectivity index is 1.27. The molecule has 0 fully saturated rings. The molecule has 7 nitrogen and oxygen atoms in total. The fourth-order valence-electron chi connectivity index (χ4n) is 6.32. The van der Waals surface area contributed by atoms with Crippen LogP contribution in [0.25, 0.3) is 10.9 Å². The quantitative estimate of drug-likeness (QED) is 0.226. The van der Waals surface area contributed by atoms with Gasteiger partial charge in [-0.25, -0.2) is 9.18 Å². The summed E-state index contributed by atoms with van der Waals surface area (Å²) < 4.78 is 33.6. The molecule has 0 saturated carbocycles. The van der Waals surface area contributed by atoms with E-state index < -0.39 is 11.8 Å². The predicted molar refractivity (Wildman–Crippen MR) is 160 cm³/mol. The van der Waals surface area contributed by atoms with Gasteiger partial charge in [0.2, 0.25) is 0 Å². The maximum Gasteiger partial charge on any atom is 0.366 e. The Labute approximate surface area is 248 Å². The highest BCUT2D eigenvalue weighted by molar-refractivity contribution is 5.92. The van der Waals surface area contributed by atoms with E-state index in [0.717, 1.165) is 46.4 Å². The van der Waals surface area contributed by atoms with Crippen molar-refractivity contribution in [2.75, 3.05) is 20.8 Å². The van der Waals surface area contributed by atoms with E-state index in [1.165, 1.54) is 23.3 Å². The molecule has 2 aliphatic rings. The van der Waals surface area contributed by atoms with Crippen LogP contribution in [-0.2, 0) is 26.0 Å². The van der Waals surface area contributed by atoms with Crippen molar-refractivity contribution in [3.63, 3.8) is 0 Å². The molecule has 5 aromatic rings. The number of fused-ring (bicyclic) bond motifs is 6. The number of methoxy groups -OCH3 is 2. The SMILES string of the molecule is COc1ccc2c(c1)c1c(n2OC(=O)c2ccccc2F)CN2CCc3cc(OC)c(OCc4ccccc4)cc3C2C1. The summed E-state index contributed by atoms with van der Waals surface area (Å²) in [7, 11) is 3.30. The normalized spacial score (nSPS) is 15.7. The standard InChI is InChI=1S/C35H31FN2O5/c1-40-24-12-13-30-27(17-24)28-18-31-26-19-34(42-21-22-8-4-3-5-9-22)33(41-2)16-23(26)14-15-37(31)20-32(28)38(30)43-35(39)25-10-6-7-11-29(25)36/h3-13,16-17,19,31H,14-15,18,20-21H2,1-2H3. The van der Waals surface area contributed by atoms with Crippen molar-refractivity contribution in [1.29, 1.82) is 0 Å². The third-order valence-corrected chi connectivity index (χ3v) is 8.49. The molecule has 0 aliphatic carbocycles. The second kappa shape index (κ2) is 11.1. The molecule has 0 radical (unpaired) electrons. The van der Waals surface area contributed by atoms with Crippen molar-refractivity contribution >= 4 is 16.9 Å². The van der Waals surface area contributed by atoms with Gasteiger partial charge in [-0.3, -0.25) is 4.90 Å². The number of hydrogen-bond acceptors (Lipinski definition) is 6. The second-order valence-corrected chi connectivity index (χ2v) is 10.9. The lowest BCUT2D eigenvalue weighted by Crippen LogP contribution is -2.40. The van der Waals surface area contributed by atoms with Crippen LogP contribution in [0.1, 0.15) is 44.3 Å². The first-order valence-corrected chi connectivity index (χ1v) is 14.3. The average molecular weight is 579 g/mol. The summed E-state index contributed by atoms with van der Waals surface area (Å²) in [5, 5.41) is 0.941. The Hall–Kier alpha value is -4.82. The van der Waals surface area contributed by atoms with Crippen molar-refractivity contribution in [3.8, 4) is 17.2 Å². The van der Waals surface area contributed by atoms with Crippen LogP contribution >= 0.6 is 0 Å². The zero-order valence-electron chi connectivity index (χ0n) is 24.0. The van der Waals surface area contributed by atoms with Crippen molar-refractivity contribution in [2.24, 2.45) is 0 Å². The first-order chi connectivity index (χ1) is 21.0. The summed E-state index contributed by atoms with van der Waals surface area (Å²) in [6.45, 7) is 1.83. The lowest BCUT2D eigenvalue weighted by molar-refractivity contribution is 0.0434. The van der Waals surface area contributed by atoms with Crippen LogP contribution in [0.3, 0.4) is 0 Å². The van der Waals surface area contributed by atoms with Crippen LogP contribution in [0.5, 0.6) is 17.2 Å². The first kappa shape index (κ1) is 27.0. The highest BCUT2D eigenvalue weighted by Gasteiger charge is 2.37. The van der Waals surface area contributed by atoms with Gasteiger partial charge in [-0.1, -0.05) is 42.5 Å². The smallest absolute Gasteiger partial charge is 0.366 e. The highest BCUT2D eigenvalue weighted by Crippen LogP contribution is 2.45. The summed E-state index contributed by atoms with van der Waals surface area (Å²) in [6, 6.07) is 25.9. The Morgan fingerprint density at radius 1 is 0.930 bits per heavy atom. The topological polar surface area (TPSA) is 62.2 Å². The van der Waals surface area contributed by atoms with Gasteiger partial charge < -0.3 is 19.0 Å². The van der Waals surface area contributed by atoms with Gasteiger partial charge in [-0.05, 0) is 77.6 Å². The zero-order chi connectivity index (χ0) is 29.5. The number of halogens is 1. The highest BCUT2D eigenvalue weighted by atomic mass is 19.1. The third kappa shape index (κ3) is 4.87. The predicted octanol–water partition coefficient (Wildman–Crippen LogP) is 6.30. The maximum atomic E-state index is 14.5. The van der Waals surface area contributed by atoms with Gasteiger partial charge in [0.25, 0.3) is 0 Å². The van der Waals surface area contributed by atoms with Gasteiger partial charge >= 0.3 is 5.97 Å². The number of ether oxygens (including phenoxy) is 3. The molecule has 0 amide bonds. The van der Waals surface area contributed by atoms with Crippen LogP contribution in [0, 0.1) is 5.82 Å². The van der Waals surface area contributed by atoms with Crippen LogP contribution in [0.2, 0.25) is 0 Å². The number of aromatic nitrogens is 1. The first-order valence-electron chi connectivity index (χ1n) is 14.3. The van der Waals surface area contributed by atoms with Gasteiger partial charge in [0.05, 0.1) is 31.0 Å². The fraction of sp³-hybridized carbons (Fsp3) is 0.229. The Morgan fingerprint density at radius 2 is 1.74 bits per heavy atom. The molecule has 0 spiro atoms. The molecule has 8 heteroatoms. The maximum absolute atomic E-state index is 14.5. The molecule has 43 heavy (non-hydrogen) atoms. The Bertz CT molecular complexity index is 1830. The van der Waals surface area contributed by atoms with E-state index in [0.29, 0.717) is 31.1 Å². The summed E-state index contributed by atoms with van der Waals surface area (Å²) in [5.41, 5.74) is 6.10. The minimum Gasteiger partial charge on any atom is -0.497 e. The fourth-order valence-corrected chi connectivity index (χ4v) is 6.32. The monoisotopic (exact) mass is 578 g/mol. The number of carbonyl (C=O) groups excluding carboxylic acids is 1. The van der Waals surface area contributed by atoms with Crippen molar-refractivity contribution in [3.05, 3.63) is 124 Å². The average Bonchev–Trinajstić information content (AvgIpc) is 3.34. The molecule has 1 aromatic heterocycles. The summed E-state index contributed by atoms with van der Waals surface area (Å²) in [5.74, 6) is 0.780. The minimum absolute atomic E-state index is 0.0914. The Kier molecular flexibility index (Phi) is 6.99. The molecule has 3 heterocycles. The van der Waals surface area contributed by atoms with E-state index in [2.05, 4.69) is 17.0 Å². The van der Waals surface area contributed by atoms with E-state index in [4.69, 9.17) is 19.0 Å². The summed E-state index contributed by atoms with van der Waals surface area (Å²) >= 11 is 0. The van der Waals surface area contributed by atoms with E-state index >= 15 is 0 Å². The van der Waals surface area contributed by atoms with Crippen LogP contribution in [0.15, 0.2) is 84.9 Å². The number of benzene rings is 4. The van der Waals surface area contributed by atoms with Gasteiger partial charge in [-0.15, -0.1) is 0 Å². The molecular weight excluding hydrogens is 547 g/mol. The minimum atomic E-state index is -0.743. The molecule has 4 aromatic carbocycles. The van der Waals surface area contributed by atoms with Crippen LogP contribution in [-0.4, -0.2) is 36.4 Å². The molecule has 218 valence electrons. The lowest BCUT2D eigenvalue weighted by Gasteiger charge is -2.41. The lowest BCUT2D eigenvalue weighted by atomic mass is 9.85. The number of carbonyl (C=O) groups is 1. The molecule has 0 bridgehead atoms. The number of nitrogens with zero attached hydrogens (tertiary/aromatic N) is 2. The molecule has 1 atom stereocenters. The van der Waals surface area contributed by atoms with E-state index in [1.54, 1.807) is 31.1 Å².